The normalized spacial score (nSPS) is 19.3. The van der Waals surface area contributed by atoms with Crippen molar-refractivity contribution in [3.8, 4) is 11.5 Å². The van der Waals surface area contributed by atoms with Gasteiger partial charge in [-0.05, 0) is 37.0 Å². The molecule has 1 unspecified atom stereocenters. The Morgan fingerprint density at radius 1 is 1.39 bits per heavy atom. The molecular formula is C15H20O3. The maximum atomic E-state index is 5.84. The summed E-state index contributed by atoms with van der Waals surface area (Å²) >= 11 is 0. The minimum Gasteiger partial charge on any atom is -0.493 e. The molecule has 3 nitrogen and oxygen atoms in total. The van der Waals surface area contributed by atoms with Crippen molar-refractivity contribution in [2.24, 2.45) is 0 Å². The summed E-state index contributed by atoms with van der Waals surface area (Å²) < 4.78 is 16.8. The smallest absolute Gasteiger partial charge is 0.200 e. The van der Waals surface area contributed by atoms with E-state index in [0.717, 1.165) is 43.8 Å². The Bertz CT molecular complexity index is 395. The molecule has 0 N–H and O–H groups in total. The first-order valence-electron chi connectivity index (χ1n) is 6.39. The van der Waals surface area contributed by atoms with E-state index in [4.69, 9.17) is 14.2 Å². The third kappa shape index (κ3) is 3.26. The highest BCUT2D eigenvalue weighted by molar-refractivity contribution is 5.43. The monoisotopic (exact) mass is 248 g/mol. The maximum absolute atomic E-state index is 5.84. The van der Waals surface area contributed by atoms with E-state index in [9.17, 15) is 0 Å². The first-order valence-corrected chi connectivity index (χ1v) is 6.39. The number of methoxy groups -OCH3 is 1. The van der Waals surface area contributed by atoms with Crippen molar-refractivity contribution >= 4 is 0 Å². The Morgan fingerprint density at radius 2 is 2.28 bits per heavy atom. The molecule has 0 saturated carbocycles. The van der Waals surface area contributed by atoms with Gasteiger partial charge in [-0.1, -0.05) is 12.1 Å². The van der Waals surface area contributed by atoms with Gasteiger partial charge in [-0.15, -0.1) is 6.58 Å². The summed E-state index contributed by atoms with van der Waals surface area (Å²) in [4.78, 5) is 0. The number of rotatable bonds is 5. The molecule has 1 heterocycles. The van der Waals surface area contributed by atoms with E-state index in [0.29, 0.717) is 0 Å². The lowest BCUT2D eigenvalue weighted by Crippen LogP contribution is -2.25. The largest absolute Gasteiger partial charge is 0.493 e. The van der Waals surface area contributed by atoms with E-state index < -0.39 is 0 Å². The van der Waals surface area contributed by atoms with Crippen LogP contribution in [0.3, 0.4) is 0 Å². The van der Waals surface area contributed by atoms with Gasteiger partial charge in [0.2, 0.25) is 0 Å². The second-order valence-corrected chi connectivity index (χ2v) is 4.39. The molecule has 18 heavy (non-hydrogen) atoms. The summed E-state index contributed by atoms with van der Waals surface area (Å²) in [5, 5.41) is 0. The lowest BCUT2D eigenvalue weighted by Gasteiger charge is -2.24. The van der Waals surface area contributed by atoms with E-state index in [1.54, 1.807) is 7.11 Å². The Morgan fingerprint density at radius 3 is 2.94 bits per heavy atom. The second kappa shape index (κ2) is 6.45. The molecule has 0 spiro atoms. The fourth-order valence-electron chi connectivity index (χ4n) is 2.05. The van der Waals surface area contributed by atoms with Crippen LogP contribution >= 0.6 is 0 Å². The fourth-order valence-corrected chi connectivity index (χ4v) is 2.05. The summed E-state index contributed by atoms with van der Waals surface area (Å²) in [6.07, 6.45) is 5.78. The van der Waals surface area contributed by atoms with Crippen LogP contribution in [0, 0.1) is 0 Å². The van der Waals surface area contributed by atoms with Crippen LogP contribution in [-0.2, 0) is 11.2 Å². The number of hydrogen-bond acceptors (Lipinski definition) is 3. The molecule has 0 bridgehead atoms. The summed E-state index contributed by atoms with van der Waals surface area (Å²) in [7, 11) is 1.65. The molecule has 98 valence electrons. The van der Waals surface area contributed by atoms with Gasteiger partial charge in [-0.2, -0.15) is 0 Å². The Balaban J connectivity index is 2.08. The maximum Gasteiger partial charge on any atom is 0.200 e. The van der Waals surface area contributed by atoms with Crippen LogP contribution in [0.2, 0.25) is 0 Å². The van der Waals surface area contributed by atoms with E-state index in [1.165, 1.54) is 5.56 Å². The van der Waals surface area contributed by atoms with E-state index >= 15 is 0 Å². The molecule has 1 aliphatic rings. The first-order chi connectivity index (χ1) is 8.83. The molecule has 0 radical (unpaired) electrons. The van der Waals surface area contributed by atoms with Gasteiger partial charge in [-0.3, -0.25) is 0 Å². The number of benzene rings is 1. The molecule has 3 heteroatoms. The zero-order valence-corrected chi connectivity index (χ0v) is 10.9. The van der Waals surface area contributed by atoms with Crippen LogP contribution in [-0.4, -0.2) is 20.0 Å². The summed E-state index contributed by atoms with van der Waals surface area (Å²) in [6.45, 7) is 4.51. The molecule has 2 rings (SSSR count). The highest BCUT2D eigenvalue weighted by Gasteiger charge is 2.17. The molecule has 0 aliphatic carbocycles. The van der Waals surface area contributed by atoms with Crippen LogP contribution in [0.25, 0.3) is 0 Å². The van der Waals surface area contributed by atoms with Crippen molar-refractivity contribution in [3.05, 3.63) is 36.4 Å². The van der Waals surface area contributed by atoms with Crippen molar-refractivity contribution in [1.82, 2.24) is 0 Å². The topological polar surface area (TPSA) is 27.7 Å². The average molecular weight is 248 g/mol. The third-order valence-electron chi connectivity index (χ3n) is 3.00. The highest BCUT2D eigenvalue weighted by atomic mass is 16.7. The lowest BCUT2D eigenvalue weighted by molar-refractivity contribution is -0.106. The lowest BCUT2D eigenvalue weighted by atomic mass is 10.1. The number of allylic oxidation sites excluding steroid dienone is 1. The van der Waals surface area contributed by atoms with Gasteiger partial charge in [0.15, 0.2) is 17.8 Å². The molecule has 1 aromatic carbocycles. The van der Waals surface area contributed by atoms with Crippen molar-refractivity contribution < 1.29 is 14.2 Å². The molecule has 1 aromatic rings. The zero-order valence-electron chi connectivity index (χ0n) is 10.9. The van der Waals surface area contributed by atoms with Gasteiger partial charge in [-0.25, -0.2) is 0 Å². The summed E-state index contributed by atoms with van der Waals surface area (Å²) in [5.41, 5.74) is 1.17. The van der Waals surface area contributed by atoms with Gasteiger partial charge < -0.3 is 14.2 Å². The molecule has 1 saturated heterocycles. The molecular weight excluding hydrogens is 228 g/mol. The van der Waals surface area contributed by atoms with E-state index in [2.05, 4.69) is 6.58 Å². The Labute approximate surface area is 108 Å². The van der Waals surface area contributed by atoms with Gasteiger partial charge in [0, 0.05) is 6.42 Å². The van der Waals surface area contributed by atoms with Crippen molar-refractivity contribution in [1.29, 1.82) is 0 Å². The van der Waals surface area contributed by atoms with Crippen LogP contribution in [0.15, 0.2) is 30.9 Å². The van der Waals surface area contributed by atoms with Gasteiger partial charge in [0.05, 0.1) is 13.7 Å². The third-order valence-corrected chi connectivity index (χ3v) is 3.00. The summed E-state index contributed by atoms with van der Waals surface area (Å²) in [5.74, 6) is 1.50. The standard InChI is InChI=1S/C15H20O3/c1-3-6-12-8-9-13(14(11-12)16-2)18-15-7-4-5-10-17-15/h3,8-9,11,15H,1,4-7,10H2,2H3. The van der Waals surface area contributed by atoms with Crippen molar-refractivity contribution in [2.45, 2.75) is 32.0 Å². The summed E-state index contributed by atoms with van der Waals surface area (Å²) in [6, 6.07) is 5.96. The van der Waals surface area contributed by atoms with Gasteiger partial charge in [0.1, 0.15) is 0 Å². The highest BCUT2D eigenvalue weighted by Crippen LogP contribution is 2.30. The van der Waals surface area contributed by atoms with Crippen LogP contribution in [0.5, 0.6) is 11.5 Å². The molecule has 1 fully saturated rings. The average Bonchev–Trinajstić information content (AvgIpc) is 2.42. The minimum atomic E-state index is -0.141. The Kier molecular flexibility index (Phi) is 4.65. The molecule has 1 atom stereocenters. The molecule has 1 aliphatic heterocycles. The zero-order chi connectivity index (χ0) is 12.8. The van der Waals surface area contributed by atoms with Crippen molar-refractivity contribution in [3.63, 3.8) is 0 Å². The molecule has 0 amide bonds. The Hall–Kier alpha value is -1.48. The minimum absolute atomic E-state index is 0.141. The number of hydrogen-bond donors (Lipinski definition) is 0. The molecule has 0 aromatic heterocycles. The fraction of sp³-hybridized carbons (Fsp3) is 0.467. The predicted octanol–water partition coefficient (Wildman–Crippen LogP) is 3.33. The second-order valence-electron chi connectivity index (χ2n) is 4.39. The van der Waals surface area contributed by atoms with E-state index in [1.807, 2.05) is 24.3 Å². The van der Waals surface area contributed by atoms with E-state index in [-0.39, 0.29) is 6.29 Å². The van der Waals surface area contributed by atoms with Crippen LogP contribution in [0.4, 0.5) is 0 Å². The first kappa shape index (κ1) is 13.0. The quantitative estimate of drug-likeness (QED) is 0.748. The number of ether oxygens (including phenoxy) is 3. The van der Waals surface area contributed by atoms with Crippen LogP contribution < -0.4 is 9.47 Å². The van der Waals surface area contributed by atoms with Gasteiger partial charge in [0.25, 0.3) is 0 Å². The van der Waals surface area contributed by atoms with Crippen LogP contribution in [0.1, 0.15) is 24.8 Å². The van der Waals surface area contributed by atoms with Crippen molar-refractivity contribution in [2.75, 3.05) is 13.7 Å². The SMILES string of the molecule is C=CCc1ccc(OC2CCCCO2)c(OC)c1. The predicted molar refractivity (Wildman–Crippen MR) is 71.1 cm³/mol. The van der Waals surface area contributed by atoms with Gasteiger partial charge >= 0.3 is 0 Å².